The van der Waals surface area contributed by atoms with Crippen molar-refractivity contribution < 1.29 is 0 Å². The molecule has 1 unspecified atom stereocenters. The molecule has 0 aliphatic heterocycles. The van der Waals surface area contributed by atoms with Gasteiger partial charge in [0.05, 0.1) is 0 Å². The van der Waals surface area contributed by atoms with Crippen molar-refractivity contribution in [2.24, 2.45) is 5.92 Å². The number of rotatable bonds is 5. The molecule has 0 spiro atoms. The van der Waals surface area contributed by atoms with Gasteiger partial charge < -0.3 is 5.32 Å². The number of hydrogen-bond acceptors (Lipinski definition) is 3. The standard InChI is InChI=1S/C12H17N3/c1-3-10(2)8-14-9-11-4-5-15-12(6-11)7-13/h4-6,10,14H,3,8-9H2,1-2H3. The summed E-state index contributed by atoms with van der Waals surface area (Å²) in [5.41, 5.74) is 1.60. The number of aromatic nitrogens is 1. The molecule has 1 atom stereocenters. The van der Waals surface area contributed by atoms with E-state index in [2.05, 4.69) is 24.1 Å². The van der Waals surface area contributed by atoms with Crippen LogP contribution in [0.1, 0.15) is 31.5 Å². The summed E-state index contributed by atoms with van der Waals surface area (Å²) in [5.74, 6) is 0.697. The second kappa shape index (κ2) is 6.15. The number of nitrogens with one attached hydrogen (secondary N) is 1. The quantitative estimate of drug-likeness (QED) is 0.797. The number of nitriles is 1. The monoisotopic (exact) mass is 203 g/mol. The van der Waals surface area contributed by atoms with Crippen molar-refractivity contribution in [2.45, 2.75) is 26.8 Å². The third-order valence-electron chi connectivity index (χ3n) is 2.46. The molecule has 0 amide bonds. The van der Waals surface area contributed by atoms with Crippen LogP contribution in [0, 0.1) is 17.2 Å². The summed E-state index contributed by atoms with van der Waals surface area (Å²) in [7, 11) is 0. The lowest BCUT2D eigenvalue weighted by Crippen LogP contribution is -2.20. The lowest BCUT2D eigenvalue weighted by molar-refractivity contribution is 0.500. The van der Waals surface area contributed by atoms with Gasteiger partial charge in [0, 0.05) is 12.7 Å². The van der Waals surface area contributed by atoms with Gasteiger partial charge >= 0.3 is 0 Å². The first-order valence-electron chi connectivity index (χ1n) is 5.32. The van der Waals surface area contributed by atoms with Gasteiger partial charge in [-0.15, -0.1) is 0 Å². The van der Waals surface area contributed by atoms with Gasteiger partial charge in [0.25, 0.3) is 0 Å². The highest BCUT2D eigenvalue weighted by molar-refractivity contribution is 5.25. The fourth-order valence-corrected chi connectivity index (χ4v) is 1.25. The van der Waals surface area contributed by atoms with Crippen LogP contribution in [0.5, 0.6) is 0 Å². The van der Waals surface area contributed by atoms with E-state index < -0.39 is 0 Å². The molecule has 15 heavy (non-hydrogen) atoms. The van der Waals surface area contributed by atoms with Gasteiger partial charge in [0.1, 0.15) is 11.8 Å². The predicted molar refractivity (Wildman–Crippen MR) is 60.1 cm³/mol. The third-order valence-corrected chi connectivity index (χ3v) is 2.46. The van der Waals surface area contributed by atoms with Crippen molar-refractivity contribution in [2.75, 3.05) is 6.54 Å². The Morgan fingerprint density at radius 2 is 2.40 bits per heavy atom. The Hall–Kier alpha value is -1.40. The van der Waals surface area contributed by atoms with Gasteiger partial charge in [0.15, 0.2) is 0 Å². The molecule has 0 fully saturated rings. The Morgan fingerprint density at radius 1 is 1.60 bits per heavy atom. The van der Waals surface area contributed by atoms with E-state index in [0.717, 1.165) is 18.7 Å². The Bertz CT molecular complexity index is 341. The minimum absolute atomic E-state index is 0.484. The fraction of sp³-hybridized carbons (Fsp3) is 0.500. The summed E-state index contributed by atoms with van der Waals surface area (Å²) in [4.78, 5) is 3.93. The largest absolute Gasteiger partial charge is 0.312 e. The lowest BCUT2D eigenvalue weighted by atomic mass is 10.1. The van der Waals surface area contributed by atoms with Gasteiger partial charge in [-0.1, -0.05) is 20.3 Å². The average Bonchev–Trinajstić information content (AvgIpc) is 2.29. The molecule has 0 aromatic carbocycles. The zero-order valence-electron chi connectivity index (χ0n) is 9.33. The second-order valence-electron chi connectivity index (χ2n) is 3.81. The first-order valence-corrected chi connectivity index (χ1v) is 5.32. The molecule has 1 rings (SSSR count). The summed E-state index contributed by atoms with van der Waals surface area (Å²) in [6.07, 6.45) is 2.87. The molecule has 0 radical (unpaired) electrons. The first-order chi connectivity index (χ1) is 7.26. The highest BCUT2D eigenvalue weighted by Crippen LogP contribution is 2.02. The summed E-state index contributed by atoms with van der Waals surface area (Å²) in [5, 5.41) is 12.0. The van der Waals surface area contributed by atoms with Crippen molar-refractivity contribution in [3.63, 3.8) is 0 Å². The SMILES string of the molecule is CCC(C)CNCc1ccnc(C#N)c1. The average molecular weight is 203 g/mol. The molecule has 0 aliphatic carbocycles. The molecule has 1 heterocycles. The molecule has 1 aromatic rings. The van der Waals surface area contributed by atoms with Crippen LogP contribution in [-0.4, -0.2) is 11.5 Å². The van der Waals surface area contributed by atoms with Crippen LogP contribution in [0.3, 0.4) is 0 Å². The van der Waals surface area contributed by atoms with E-state index in [1.54, 1.807) is 6.20 Å². The van der Waals surface area contributed by atoms with Gasteiger partial charge in [-0.05, 0) is 30.2 Å². The Balaban J connectivity index is 2.41. The minimum Gasteiger partial charge on any atom is -0.312 e. The highest BCUT2D eigenvalue weighted by Gasteiger charge is 1.99. The molecular weight excluding hydrogens is 186 g/mol. The summed E-state index contributed by atoms with van der Waals surface area (Å²) < 4.78 is 0. The Kier molecular flexibility index (Phi) is 4.79. The summed E-state index contributed by atoms with van der Waals surface area (Å²) in [6, 6.07) is 5.80. The van der Waals surface area contributed by atoms with E-state index in [4.69, 9.17) is 5.26 Å². The van der Waals surface area contributed by atoms with Gasteiger partial charge in [0.2, 0.25) is 0 Å². The van der Waals surface area contributed by atoms with Gasteiger partial charge in [-0.25, -0.2) is 4.98 Å². The Labute approximate surface area is 91.1 Å². The smallest absolute Gasteiger partial charge is 0.140 e. The molecule has 80 valence electrons. The van der Waals surface area contributed by atoms with Crippen molar-refractivity contribution in [3.05, 3.63) is 29.6 Å². The fourth-order valence-electron chi connectivity index (χ4n) is 1.25. The molecule has 0 saturated carbocycles. The van der Waals surface area contributed by atoms with E-state index in [0.29, 0.717) is 11.6 Å². The number of nitrogens with zero attached hydrogens (tertiary/aromatic N) is 2. The van der Waals surface area contributed by atoms with Gasteiger partial charge in [-0.3, -0.25) is 0 Å². The maximum atomic E-state index is 8.68. The van der Waals surface area contributed by atoms with Crippen LogP contribution in [-0.2, 0) is 6.54 Å². The van der Waals surface area contributed by atoms with Gasteiger partial charge in [-0.2, -0.15) is 5.26 Å². The van der Waals surface area contributed by atoms with Crippen LogP contribution in [0.15, 0.2) is 18.3 Å². The van der Waals surface area contributed by atoms with Crippen molar-refractivity contribution >= 4 is 0 Å². The van der Waals surface area contributed by atoms with Crippen LogP contribution >= 0.6 is 0 Å². The van der Waals surface area contributed by atoms with E-state index in [1.807, 2.05) is 18.2 Å². The van der Waals surface area contributed by atoms with Crippen molar-refractivity contribution in [1.29, 1.82) is 5.26 Å². The molecule has 1 aromatic heterocycles. The zero-order chi connectivity index (χ0) is 11.1. The lowest BCUT2D eigenvalue weighted by Gasteiger charge is -2.09. The molecule has 3 heteroatoms. The number of pyridine rings is 1. The van der Waals surface area contributed by atoms with Crippen LogP contribution in [0.25, 0.3) is 0 Å². The Morgan fingerprint density at radius 3 is 3.07 bits per heavy atom. The summed E-state index contributed by atoms with van der Waals surface area (Å²) in [6.45, 7) is 6.23. The molecule has 3 nitrogen and oxygen atoms in total. The second-order valence-corrected chi connectivity index (χ2v) is 3.81. The maximum Gasteiger partial charge on any atom is 0.140 e. The van der Waals surface area contributed by atoms with Crippen LogP contribution in [0.2, 0.25) is 0 Å². The van der Waals surface area contributed by atoms with Crippen LogP contribution in [0.4, 0.5) is 0 Å². The maximum absolute atomic E-state index is 8.68. The third kappa shape index (κ3) is 4.09. The number of hydrogen-bond donors (Lipinski definition) is 1. The van der Waals surface area contributed by atoms with Crippen LogP contribution < -0.4 is 5.32 Å². The first kappa shape index (κ1) is 11.7. The minimum atomic E-state index is 0.484. The molecular formula is C12H17N3. The zero-order valence-corrected chi connectivity index (χ0v) is 9.33. The predicted octanol–water partition coefficient (Wildman–Crippen LogP) is 2.09. The van der Waals surface area contributed by atoms with Crippen molar-refractivity contribution in [3.8, 4) is 6.07 Å². The molecule has 0 saturated heterocycles. The molecule has 0 bridgehead atoms. The molecule has 0 aliphatic rings. The van der Waals surface area contributed by atoms with E-state index in [1.165, 1.54) is 6.42 Å². The van der Waals surface area contributed by atoms with E-state index >= 15 is 0 Å². The summed E-state index contributed by atoms with van der Waals surface area (Å²) >= 11 is 0. The normalized spacial score (nSPS) is 12.1. The molecule has 1 N–H and O–H groups in total. The topological polar surface area (TPSA) is 48.7 Å². The van der Waals surface area contributed by atoms with E-state index in [-0.39, 0.29) is 0 Å². The van der Waals surface area contributed by atoms with E-state index in [9.17, 15) is 0 Å². The highest BCUT2D eigenvalue weighted by atomic mass is 14.9. The van der Waals surface area contributed by atoms with Crippen molar-refractivity contribution in [1.82, 2.24) is 10.3 Å².